The van der Waals surface area contributed by atoms with Gasteiger partial charge in [0.15, 0.2) is 5.82 Å². The Morgan fingerprint density at radius 1 is 1.10 bits per heavy atom. The number of anilines is 1. The number of ether oxygens (including phenoxy) is 2. The molecule has 2 aromatic carbocycles. The molecule has 1 aliphatic heterocycles. The number of hydrogen-bond donors (Lipinski definition) is 0. The van der Waals surface area contributed by atoms with Crippen LogP contribution >= 0.6 is 11.6 Å². The minimum Gasteiger partial charge on any atom is -0.489 e. The number of benzene rings is 2. The zero-order valence-corrected chi connectivity index (χ0v) is 18.6. The first-order chi connectivity index (χ1) is 15.1. The van der Waals surface area contributed by atoms with E-state index >= 15 is 0 Å². The number of nitrogens with zero attached hydrogens (tertiary/aromatic N) is 4. The maximum absolute atomic E-state index is 6.23. The fourth-order valence-corrected chi connectivity index (χ4v) is 3.70. The summed E-state index contributed by atoms with van der Waals surface area (Å²) in [7, 11) is 1.64. The van der Waals surface area contributed by atoms with E-state index in [1.165, 1.54) is 0 Å². The molecule has 0 radical (unpaired) electrons. The highest BCUT2D eigenvalue weighted by molar-refractivity contribution is 6.31. The number of halogens is 1. The molecule has 7 nitrogen and oxygen atoms in total. The van der Waals surface area contributed by atoms with E-state index in [0.717, 1.165) is 48.2 Å². The summed E-state index contributed by atoms with van der Waals surface area (Å²) in [5.41, 5.74) is 2.14. The Labute approximate surface area is 187 Å². The SMILES string of the molecule is COC(C)c1noc(CN2CCN(c3cccc(OCc4ccccc4Cl)c3)CC2)n1. The van der Waals surface area contributed by atoms with E-state index in [1.54, 1.807) is 7.11 Å². The van der Waals surface area contributed by atoms with Gasteiger partial charge in [0.1, 0.15) is 18.5 Å². The largest absolute Gasteiger partial charge is 0.489 e. The summed E-state index contributed by atoms with van der Waals surface area (Å²) in [6, 6.07) is 16.0. The lowest BCUT2D eigenvalue weighted by atomic mass is 10.2. The Kier molecular flexibility index (Phi) is 7.06. The third-order valence-electron chi connectivity index (χ3n) is 5.47. The van der Waals surface area contributed by atoms with Gasteiger partial charge in [-0.1, -0.05) is 41.0 Å². The molecule has 8 heteroatoms. The molecule has 1 unspecified atom stereocenters. The molecule has 0 spiro atoms. The number of rotatable bonds is 8. The zero-order chi connectivity index (χ0) is 21.6. The summed E-state index contributed by atoms with van der Waals surface area (Å²) >= 11 is 6.23. The topological polar surface area (TPSA) is 63.9 Å². The third-order valence-corrected chi connectivity index (χ3v) is 5.84. The molecule has 1 saturated heterocycles. The van der Waals surface area contributed by atoms with Gasteiger partial charge in [-0.05, 0) is 25.1 Å². The summed E-state index contributed by atoms with van der Waals surface area (Å²) in [5, 5.41) is 4.72. The van der Waals surface area contributed by atoms with Crippen molar-refractivity contribution in [3.63, 3.8) is 0 Å². The number of hydrogen-bond acceptors (Lipinski definition) is 7. The van der Waals surface area contributed by atoms with Crippen LogP contribution in [0, 0.1) is 0 Å². The summed E-state index contributed by atoms with van der Waals surface area (Å²) in [4.78, 5) is 9.12. The molecule has 0 bridgehead atoms. The van der Waals surface area contributed by atoms with Gasteiger partial charge in [-0.25, -0.2) is 0 Å². The lowest BCUT2D eigenvalue weighted by Gasteiger charge is -2.35. The van der Waals surface area contributed by atoms with E-state index in [-0.39, 0.29) is 6.10 Å². The summed E-state index contributed by atoms with van der Waals surface area (Å²) in [6.07, 6.45) is -0.165. The first-order valence-corrected chi connectivity index (χ1v) is 10.8. The molecule has 1 atom stereocenters. The molecule has 3 aromatic rings. The normalized spacial score (nSPS) is 15.8. The Hall–Kier alpha value is -2.61. The van der Waals surface area contributed by atoms with Crippen LogP contribution in [0.2, 0.25) is 5.02 Å². The Morgan fingerprint density at radius 2 is 1.90 bits per heavy atom. The molecule has 1 aliphatic rings. The predicted molar refractivity (Wildman–Crippen MR) is 119 cm³/mol. The van der Waals surface area contributed by atoms with Crippen LogP contribution in [0.25, 0.3) is 0 Å². The second kappa shape index (κ2) is 10.1. The molecular weight excluding hydrogens is 416 g/mol. The van der Waals surface area contributed by atoms with E-state index in [4.69, 9.17) is 25.6 Å². The van der Waals surface area contributed by atoms with Crippen LogP contribution in [-0.4, -0.2) is 48.3 Å². The van der Waals surface area contributed by atoms with Crippen LogP contribution in [0.15, 0.2) is 53.1 Å². The van der Waals surface area contributed by atoms with E-state index in [9.17, 15) is 0 Å². The van der Waals surface area contributed by atoms with Gasteiger partial charge >= 0.3 is 0 Å². The van der Waals surface area contributed by atoms with E-state index < -0.39 is 0 Å². The second-order valence-corrected chi connectivity index (χ2v) is 7.97. The highest BCUT2D eigenvalue weighted by Gasteiger charge is 2.21. The zero-order valence-electron chi connectivity index (χ0n) is 17.8. The average Bonchev–Trinajstić information content (AvgIpc) is 3.27. The molecule has 0 aliphatic carbocycles. The van der Waals surface area contributed by atoms with Gasteiger partial charge in [-0.15, -0.1) is 0 Å². The fraction of sp³-hybridized carbons (Fsp3) is 0.391. The molecule has 2 heterocycles. The third kappa shape index (κ3) is 5.55. The number of methoxy groups -OCH3 is 1. The molecule has 164 valence electrons. The first kappa shape index (κ1) is 21.6. The lowest BCUT2D eigenvalue weighted by Crippen LogP contribution is -2.46. The second-order valence-electron chi connectivity index (χ2n) is 7.56. The molecule has 31 heavy (non-hydrogen) atoms. The van der Waals surface area contributed by atoms with Crippen molar-refractivity contribution < 1.29 is 14.0 Å². The highest BCUT2D eigenvalue weighted by atomic mass is 35.5. The van der Waals surface area contributed by atoms with E-state index in [2.05, 4.69) is 32.1 Å². The van der Waals surface area contributed by atoms with Crippen molar-refractivity contribution in [2.45, 2.75) is 26.2 Å². The van der Waals surface area contributed by atoms with E-state index in [0.29, 0.717) is 24.9 Å². The fourth-order valence-electron chi connectivity index (χ4n) is 3.50. The first-order valence-electron chi connectivity index (χ1n) is 10.4. The summed E-state index contributed by atoms with van der Waals surface area (Å²) in [6.45, 7) is 6.68. The average molecular weight is 443 g/mol. The molecule has 0 N–H and O–H groups in total. The minimum atomic E-state index is -0.165. The maximum atomic E-state index is 6.23. The van der Waals surface area contributed by atoms with Crippen molar-refractivity contribution in [3.8, 4) is 5.75 Å². The molecule has 0 amide bonds. The Morgan fingerprint density at radius 3 is 2.68 bits per heavy atom. The van der Waals surface area contributed by atoms with Crippen LogP contribution in [0.1, 0.15) is 30.3 Å². The van der Waals surface area contributed by atoms with Crippen LogP contribution in [0.4, 0.5) is 5.69 Å². The van der Waals surface area contributed by atoms with Crippen LogP contribution < -0.4 is 9.64 Å². The van der Waals surface area contributed by atoms with Gasteiger partial charge < -0.3 is 18.9 Å². The van der Waals surface area contributed by atoms with Crippen LogP contribution in [0.5, 0.6) is 5.75 Å². The van der Waals surface area contributed by atoms with Gasteiger partial charge in [0, 0.05) is 55.6 Å². The molecule has 4 rings (SSSR count). The maximum Gasteiger partial charge on any atom is 0.240 e. The summed E-state index contributed by atoms with van der Waals surface area (Å²) < 4.78 is 16.6. The summed E-state index contributed by atoms with van der Waals surface area (Å²) in [5.74, 6) is 2.05. The predicted octanol–water partition coefficient (Wildman–Crippen LogP) is 4.33. The van der Waals surface area contributed by atoms with Gasteiger partial charge in [-0.3, -0.25) is 4.90 Å². The van der Waals surface area contributed by atoms with E-state index in [1.807, 2.05) is 43.3 Å². The van der Waals surface area contributed by atoms with Crippen molar-refractivity contribution in [3.05, 3.63) is 70.8 Å². The number of aromatic nitrogens is 2. The van der Waals surface area contributed by atoms with Gasteiger partial charge in [0.2, 0.25) is 5.89 Å². The van der Waals surface area contributed by atoms with Crippen molar-refractivity contribution in [1.82, 2.24) is 15.0 Å². The van der Waals surface area contributed by atoms with Crippen molar-refractivity contribution >= 4 is 17.3 Å². The quantitative estimate of drug-likeness (QED) is 0.514. The van der Waals surface area contributed by atoms with Crippen molar-refractivity contribution in [1.29, 1.82) is 0 Å². The standard InChI is InChI=1S/C23H27ClN4O3/c1-17(29-2)23-25-22(31-26-23)15-27-10-12-28(13-11-27)19-7-5-8-20(14-19)30-16-18-6-3-4-9-21(18)24/h3-9,14,17H,10-13,15-16H2,1-2H3. The minimum absolute atomic E-state index is 0.165. The lowest BCUT2D eigenvalue weighted by molar-refractivity contribution is 0.109. The van der Waals surface area contributed by atoms with Crippen LogP contribution in [0.3, 0.4) is 0 Å². The van der Waals surface area contributed by atoms with Gasteiger partial charge in [0.25, 0.3) is 0 Å². The van der Waals surface area contributed by atoms with Crippen molar-refractivity contribution in [2.24, 2.45) is 0 Å². The Balaban J connectivity index is 1.30. The van der Waals surface area contributed by atoms with Crippen molar-refractivity contribution in [2.75, 3.05) is 38.2 Å². The molecule has 1 fully saturated rings. The molecular formula is C23H27ClN4O3. The molecule has 1 aromatic heterocycles. The van der Waals surface area contributed by atoms with Crippen LogP contribution in [-0.2, 0) is 17.9 Å². The Bertz CT molecular complexity index is 988. The monoisotopic (exact) mass is 442 g/mol. The molecule has 0 saturated carbocycles. The van der Waals surface area contributed by atoms with Gasteiger partial charge in [-0.2, -0.15) is 4.98 Å². The highest BCUT2D eigenvalue weighted by Crippen LogP contribution is 2.25. The number of piperazine rings is 1. The smallest absolute Gasteiger partial charge is 0.240 e. The van der Waals surface area contributed by atoms with Gasteiger partial charge in [0.05, 0.1) is 6.54 Å².